The summed E-state index contributed by atoms with van der Waals surface area (Å²) in [6, 6.07) is 2.34. The SMILES string of the molecule is COCC1CCN(CCC2CCCC2(N)C#N)CC1. The topological polar surface area (TPSA) is 62.3 Å². The van der Waals surface area contributed by atoms with Gasteiger partial charge in [0, 0.05) is 13.7 Å². The standard InChI is InChI=1S/C15H27N3O/c1-19-11-13-4-8-18(9-5-13)10-6-14-3-2-7-15(14,17)12-16/h13-14H,2-11,17H2,1H3. The van der Waals surface area contributed by atoms with Crippen molar-refractivity contribution in [3.05, 3.63) is 0 Å². The Morgan fingerprint density at radius 1 is 1.37 bits per heavy atom. The Morgan fingerprint density at radius 3 is 2.74 bits per heavy atom. The molecular formula is C15H27N3O. The van der Waals surface area contributed by atoms with E-state index in [0.717, 1.165) is 44.8 Å². The van der Waals surface area contributed by atoms with Gasteiger partial charge in [0.15, 0.2) is 0 Å². The first-order valence-corrected chi connectivity index (χ1v) is 7.59. The number of hydrogen-bond acceptors (Lipinski definition) is 4. The number of nitriles is 1. The maximum atomic E-state index is 9.22. The fourth-order valence-electron chi connectivity index (χ4n) is 3.60. The van der Waals surface area contributed by atoms with Gasteiger partial charge in [0.1, 0.15) is 5.54 Å². The number of piperidine rings is 1. The van der Waals surface area contributed by atoms with Gasteiger partial charge in [0.05, 0.1) is 6.07 Å². The fraction of sp³-hybridized carbons (Fsp3) is 0.933. The molecule has 1 aliphatic heterocycles. The van der Waals surface area contributed by atoms with Crippen LogP contribution in [0.1, 0.15) is 38.5 Å². The minimum absolute atomic E-state index is 0.397. The predicted molar refractivity (Wildman–Crippen MR) is 75.5 cm³/mol. The lowest BCUT2D eigenvalue weighted by molar-refractivity contribution is 0.0961. The molecule has 1 heterocycles. The molecule has 0 amide bonds. The lowest BCUT2D eigenvalue weighted by atomic mass is 9.86. The van der Waals surface area contributed by atoms with Crippen LogP contribution in [0.4, 0.5) is 0 Å². The molecule has 2 fully saturated rings. The Kier molecular flexibility index (Phi) is 5.20. The van der Waals surface area contributed by atoms with E-state index in [-0.39, 0.29) is 0 Å². The van der Waals surface area contributed by atoms with Crippen LogP contribution in [-0.4, -0.2) is 43.8 Å². The Balaban J connectivity index is 1.71. The third-order valence-corrected chi connectivity index (χ3v) is 4.98. The number of likely N-dealkylation sites (tertiary alicyclic amines) is 1. The smallest absolute Gasteiger partial charge is 0.107 e. The molecule has 1 saturated carbocycles. The molecule has 108 valence electrons. The molecule has 1 aliphatic carbocycles. The van der Waals surface area contributed by atoms with Crippen molar-refractivity contribution in [1.82, 2.24) is 4.90 Å². The third-order valence-electron chi connectivity index (χ3n) is 4.98. The Hall–Kier alpha value is -0.630. The van der Waals surface area contributed by atoms with Gasteiger partial charge < -0.3 is 15.4 Å². The minimum Gasteiger partial charge on any atom is -0.384 e. The summed E-state index contributed by atoms with van der Waals surface area (Å²) in [4.78, 5) is 2.53. The van der Waals surface area contributed by atoms with Crippen molar-refractivity contribution in [3.63, 3.8) is 0 Å². The van der Waals surface area contributed by atoms with Crippen molar-refractivity contribution in [2.24, 2.45) is 17.6 Å². The molecule has 0 aromatic heterocycles. The van der Waals surface area contributed by atoms with E-state index < -0.39 is 5.54 Å². The van der Waals surface area contributed by atoms with Crippen LogP contribution in [-0.2, 0) is 4.74 Å². The molecule has 1 saturated heterocycles. The van der Waals surface area contributed by atoms with E-state index in [1.165, 1.54) is 25.9 Å². The highest BCUT2D eigenvalue weighted by Crippen LogP contribution is 2.35. The van der Waals surface area contributed by atoms with Crippen LogP contribution in [0, 0.1) is 23.2 Å². The van der Waals surface area contributed by atoms with E-state index in [0.29, 0.717) is 5.92 Å². The van der Waals surface area contributed by atoms with Crippen LogP contribution in [0.25, 0.3) is 0 Å². The van der Waals surface area contributed by atoms with Crippen LogP contribution < -0.4 is 5.73 Å². The van der Waals surface area contributed by atoms with Gasteiger partial charge in [-0.05, 0) is 63.6 Å². The van der Waals surface area contributed by atoms with Gasteiger partial charge >= 0.3 is 0 Å². The first-order chi connectivity index (χ1) is 9.18. The monoisotopic (exact) mass is 265 g/mol. The number of nitrogens with two attached hydrogens (primary N) is 1. The molecule has 2 rings (SSSR count). The summed E-state index contributed by atoms with van der Waals surface area (Å²) in [7, 11) is 1.79. The average molecular weight is 265 g/mol. The lowest BCUT2D eigenvalue weighted by Crippen LogP contribution is -2.44. The molecule has 4 nitrogen and oxygen atoms in total. The van der Waals surface area contributed by atoms with Crippen molar-refractivity contribution in [3.8, 4) is 6.07 Å². The number of ether oxygens (including phenoxy) is 1. The molecule has 2 unspecified atom stereocenters. The molecule has 2 aliphatic rings. The van der Waals surface area contributed by atoms with Gasteiger partial charge in [-0.15, -0.1) is 0 Å². The Labute approximate surface area is 116 Å². The molecule has 0 radical (unpaired) electrons. The van der Waals surface area contributed by atoms with Gasteiger partial charge in [-0.1, -0.05) is 6.42 Å². The summed E-state index contributed by atoms with van der Waals surface area (Å²) in [5.74, 6) is 1.13. The maximum absolute atomic E-state index is 9.22. The van der Waals surface area contributed by atoms with Crippen molar-refractivity contribution in [1.29, 1.82) is 5.26 Å². The Morgan fingerprint density at radius 2 is 2.11 bits per heavy atom. The van der Waals surface area contributed by atoms with Crippen LogP contribution in [0.15, 0.2) is 0 Å². The average Bonchev–Trinajstić information content (AvgIpc) is 2.80. The molecule has 0 aromatic carbocycles. The molecular weight excluding hydrogens is 238 g/mol. The van der Waals surface area contributed by atoms with Crippen molar-refractivity contribution in [2.45, 2.75) is 44.1 Å². The van der Waals surface area contributed by atoms with Gasteiger partial charge in [-0.3, -0.25) is 0 Å². The second kappa shape index (κ2) is 6.69. The zero-order valence-electron chi connectivity index (χ0n) is 12.1. The molecule has 0 spiro atoms. The van der Waals surface area contributed by atoms with Crippen molar-refractivity contribution >= 4 is 0 Å². The van der Waals surface area contributed by atoms with Gasteiger partial charge in [0.2, 0.25) is 0 Å². The number of hydrogen-bond donors (Lipinski definition) is 1. The molecule has 0 bridgehead atoms. The Bertz CT molecular complexity index is 320. The van der Waals surface area contributed by atoms with Crippen molar-refractivity contribution in [2.75, 3.05) is 33.4 Å². The highest BCUT2D eigenvalue weighted by atomic mass is 16.5. The number of rotatable bonds is 5. The molecule has 2 atom stereocenters. The van der Waals surface area contributed by atoms with E-state index in [2.05, 4.69) is 11.0 Å². The summed E-state index contributed by atoms with van der Waals surface area (Å²) in [6.07, 6.45) is 6.69. The second-order valence-corrected chi connectivity index (χ2v) is 6.27. The highest BCUT2D eigenvalue weighted by Gasteiger charge is 2.39. The van der Waals surface area contributed by atoms with E-state index in [9.17, 15) is 5.26 Å². The summed E-state index contributed by atoms with van der Waals surface area (Å²) < 4.78 is 5.23. The summed E-state index contributed by atoms with van der Waals surface area (Å²) in [5, 5.41) is 9.22. The largest absolute Gasteiger partial charge is 0.384 e. The van der Waals surface area contributed by atoms with Crippen molar-refractivity contribution < 1.29 is 4.74 Å². The molecule has 4 heteroatoms. The first-order valence-electron chi connectivity index (χ1n) is 7.59. The normalized spacial score (nSPS) is 33.4. The van der Waals surface area contributed by atoms with Crippen LogP contribution >= 0.6 is 0 Å². The van der Waals surface area contributed by atoms with E-state index in [4.69, 9.17) is 10.5 Å². The van der Waals surface area contributed by atoms with E-state index in [1.807, 2.05) is 0 Å². The quantitative estimate of drug-likeness (QED) is 0.822. The second-order valence-electron chi connectivity index (χ2n) is 6.27. The van der Waals surface area contributed by atoms with Gasteiger partial charge in [0.25, 0.3) is 0 Å². The van der Waals surface area contributed by atoms with Gasteiger partial charge in [-0.2, -0.15) is 5.26 Å². The first kappa shape index (κ1) is 14.8. The predicted octanol–water partition coefficient (Wildman–Crippen LogP) is 1.76. The van der Waals surface area contributed by atoms with E-state index in [1.54, 1.807) is 7.11 Å². The summed E-state index contributed by atoms with van der Waals surface area (Å²) >= 11 is 0. The summed E-state index contributed by atoms with van der Waals surface area (Å²) in [6.45, 7) is 4.34. The third kappa shape index (κ3) is 3.68. The molecule has 2 N–H and O–H groups in total. The number of nitrogens with zero attached hydrogens (tertiary/aromatic N) is 2. The zero-order chi connectivity index (χ0) is 13.7. The minimum atomic E-state index is -0.547. The highest BCUT2D eigenvalue weighted by molar-refractivity contribution is 5.11. The fourth-order valence-corrected chi connectivity index (χ4v) is 3.60. The van der Waals surface area contributed by atoms with Crippen LogP contribution in [0.5, 0.6) is 0 Å². The van der Waals surface area contributed by atoms with Crippen LogP contribution in [0.3, 0.4) is 0 Å². The molecule has 19 heavy (non-hydrogen) atoms. The lowest BCUT2D eigenvalue weighted by Gasteiger charge is -2.33. The maximum Gasteiger partial charge on any atom is 0.107 e. The van der Waals surface area contributed by atoms with Gasteiger partial charge in [-0.25, -0.2) is 0 Å². The number of methoxy groups -OCH3 is 1. The zero-order valence-corrected chi connectivity index (χ0v) is 12.1. The molecule has 0 aromatic rings. The van der Waals surface area contributed by atoms with Crippen LogP contribution in [0.2, 0.25) is 0 Å². The van der Waals surface area contributed by atoms with E-state index >= 15 is 0 Å². The summed E-state index contributed by atoms with van der Waals surface area (Å²) in [5.41, 5.74) is 5.64.